The molecule has 0 aliphatic heterocycles. The van der Waals surface area contributed by atoms with E-state index in [4.69, 9.17) is 17.3 Å². The molecule has 0 radical (unpaired) electrons. The summed E-state index contributed by atoms with van der Waals surface area (Å²) in [7, 11) is 3.38. The van der Waals surface area contributed by atoms with Gasteiger partial charge in [-0.05, 0) is 37.0 Å². The van der Waals surface area contributed by atoms with Crippen molar-refractivity contribution >= 4 is 29.0 Å². The summed E-state index contributed by atoms with van der Waals surface area (Å²) < 4.78 is 17.1. The average molecular weight is 443 g/mol. The molecule has 1 aliphatic rings. The molecule has 2 heterocycles. The molecular weight excluding hydrogens is 419 g/mol. The van der Waals surface area contributed by atoms with Crippen LogP contribution in [0.5, 0.6) is 0 Å². The van der Waals surface area contributed by atoms with Crippen LogP contribution in [0.15, 0.2) is 36.8 Å². The van der Waals surface area contributed by atoms with Crippen molar-refractivity contribution in [3.05, 3.63) is 58.8 Å². The Morgan fingerprint density at radius 3 is 2.77 bits per heavy atom. The summed E-state index contributed by atoms with van der Waals surface area (Å²) in [6.45, 7) is 1.13. The smallest absolute Gasteiger partial charge is 0.259 e. The van der Waals surface area contributed by atoms with Crippen LogP contribution in [-0.2, 0) is 13.6 Å². The highest BCUT2D eigenvalue weighted by Gasteiger charge is 2.24. The normalized spacial score (nSPS) is 13.3. The maximum absolute atomic E-state index is 15.5. The topological polar surface area (TPSA) is 89.1 Å². The molecule has 0 spiro atoms. The molecule has 0 unspecified atom stereocenters. The van der Waals surface area contributed by atoms with E-state index in [1.807, 2.05) is 0 Å². The third kappa shape index (κ3) is 4.64. The Balaban J connectivity index is 1.60. The molecule has 1 amide bonds. The van der Waals surface area contributed by atoms with E-state index in [9.17, 15) is 4.79 Å². The van der Waals surface area contributed by atoms with Gasteiger partial charge in [-0.3, -0.25) is 9.48 Å². The molecule has 2 aromatic heterocycles. The second kappa shape index (κ2) is 8.55. The number of benzene rings is 1. The van der Waals surface area contributed by atoms with Crippen molar-refractivity contribution in [1.29, 1.82) is 0 Å². The van der Waals surface area contributed by atoms with Gasteiger partial charge in [0.15, 0.2) is 0 Å². The highest BCUT2D eigenvalue weighted by molar-refractivity contribution is 6.33. The van der Waals surface area contributed by atoms with Crippen LogP contribution in [0.1, 0.15) is 28.8 Å². The maximum Gasteiger partial charge on any atom is 0.259 e. The van der Waals surface area contributed by atoms with Crippen molar-refractivity contribution in [3.8, 4) is 11.1 Å². The molecule has 0 bridgehead atoms. The molecule has 3 aromatic rings. The molecule has 31 heavy (non-hydrogen) atoms. The molecule has 3 N–H and O–H groups in total. The Bertz CT molecular complexity index is 1130. The Labute approximate surface area is 185 Å². The van der Waals surface area contributed by atoms with Crippen LogP contribution in [0.25, 0.3) is 11.1 Å². The Morgan fingerprint density at radius 2 is 2.13 bits per heavy atom. The first-order valence-electron chi connectivity index (χ1n) is 10.0. The number of hydrogen-bond acceptors (Lipinski definition) is 5. The summed E-state index contributed by atoms with van der Waals surface area (Å²) in [6.07, 6.45) is 7.41. The van der Waals surface area contributed by atoms with Gasteiger partial charge < -0.3 is 16.0 Å². The van der Waals surface area contributed by atoms with Crippen LogP contribution in [-0.4, -0.2) is 39.2 Å². The summed E-state index contributed by atoms with van der Waals surface area (Å²) in [6, 6.07) is 4.70. The minimum atomic E-state index is -0.717. The van der Waals surface area contributed by atoms with Gasteiger partial charge in [0.05, 0.1) is 16.8 Å². The zero-order chi connectivity index (χ0) is 22.1. The number of carbonyl (C=O) groups excluding carboxylic acids is 1. The molecule has 9 heteroatoms. The number of halogens is 2. The fourth-order valence-corrected chi connectivity index (χ4v) is 3.66. The van der Waals surface area contributed by atoms with Crippen molar-refractivity contribution in [3.63, 3.8) is 0 Å². The van der Waals surface area contributed by atoms with Crippen molar-refractivity contribution in [2.24, 2.45) is 13.0 Å². The molecule has 0 saturated heterocycles. The Hall–Kier alpha value is -3.13. The number of rotatable bonds is 7. The lowest BCUT2D eigenvalue weighted by Gasteiger charge is -2.19. The predicted octanol–water partition coefficient (Wildman–Crippen LogP) is 3.95. The van der Waals surface area contributed by atoms with E-state index in [1.54, 1.807) is 37.2 Å². The zero-order valence-electron chi connectivity index (χ0n) is 17.4. The SMILES string of the molecule is CN(Cc1cnn(C)c1)C(=O)c1c(N)ccc(-c2cnc(NCC3CC3)cc2Cl)c1F. The molecule has 0 atom stereocenters. The molecule has 7 nitrogen and oxygen atoms in total. The van der Waals surface area contributed by atoms with Gasteiger partial charge in [0.2, 0.25) is 0 Å². The number of amides is 1. The highest BCUT2D eigenvalue weighted by atomic mass is 35.5. The minimum Gasteiger partial charge on any atom is -0.398 e. The number of nitrogen functional groups attached to an aromatic ring is 1. The van der Waals surface area contributed by atoms with Gasteiger partial charge in [-0.1, -0.05) is 11.6 Å². The Morgan fingerprint density at radius 1 is 1.35 bits per heavy atom. The predicted molar refractivity (Wildman–Crippen MR) is 119 cm³/mol. The van der Waals surface area contributed by atoms with Crippen molar-refractivity contribution in [2.45, 2.75) is 19.4 Å². The lowest BCUT2D eigenvalue weighted by molar-refractivity contribution is 0.0781. The molecule has 4 rings (SSSR count). The molecule has 1 aromatic carbocycles. The van der Waals surface area contributed by atoms with Gasteiger partial charge in [0.1, 0.15) is 11.6 Å². The van der Waals surface area contributed by atoms with Crippen molar-refractivity contribution < 1.29 is 9.18 Å². The highest BCUT2D eigenvalue weighted by Crippen LogP contribution is 2.35. The van der Waals surface area contributed by atoms with E-state index in [1.165, 1.54) is 36.1 Å². The van der Waals surface area contributed by atoms with E-state index in [2.05, 4.69) is 15.4 Å². The molecule has 1 fully saturated rings. The monoisotopic (exact) mass is 442 g/mol. The third-order valence-electron chi connectivity index (χ3n) is 5.33. The van der Waals surface area contributed by atoms with Crippen LogP contribution in [0.4, 0.5) is 15.9 Å². The lowest BCUT2D eigenvalue weighted by Crippen LogP contribution is -2.28. The number of hydrogen-bond donors (Lipinski definition) is 2. The van der Waals surface area contributed by atoms with Crippen molar-refractivity contribution in [2.75, 3.05) is 24.6 Å². The number of anilines is 2. The largest absolute Gasteiger partial charge is 0.398 e. The van der Waals surface area contributed by atoms with Crippen LogP contribution < -0.4 is 11.1 Å². The first-order chi connectivity index (χ1) is 14.8. The Kier molecular flexibility index (Phi) is 5.82. The maximum atomic E-state index is 15.5. The van der Waals surface area contributed by atoms with Crippen molar-refractivity contribution in [1.82, 2.24) is 19.7 Å². The summed E-state index contributed by atoms with van der Waals surface area (Å²) in [5.74, 6) is 0.0916. The van der Waals surface area contributed by atoms with Gasteiger partial charge >= 0.3 is 0 Å². The lowest BCUT2D eigenvalue weighted by atomic mass is 10.0. The van der Waals surface area contributed by atoms with Gasteiger partial charge in [-0.2, -0.15) is 5.10 Å². The van der Waals surface area contributed by atoms with Gasteiger partial charge in [-0.15, -0.1) is 0 Å². The van der Waals surface area contributed by atoms with E-state index in [0.717, 1.165) is 12.1 Å². The standard InChI is InChI=1S/C22H24ClFN6O/c1-29(11-14-9-28-30(2)12-14)22(31)20-18(25)6-5-15(21(20)24)16-10-27-19(7-17(16)23)26-8-13-3-4-13/h5-7,9-10,12-13H,3-4,8,11,25H2,1-2H3,(H,26,27). The number of nitrogens with two attached hydrogens (primary N) is 1. The van der Waals surface area contributed by atoms with E-state index in [0.29, 0.717) is 22.3 Å². The third-order valence-corrected chi connectivity index (χ3v) is 5.64. The van der Waals surface area contributed by atoms with Crippen LogP contribution in [0.2, 0.25) is 5.02 Å². The summed E-state index contributed by atoms with van der Waals surface area (Å²) in [5, 5.41) is 7.68. The zero-order valence-corrected chi connectivity index (χ0v) is 18.2. The summed E-state index contributed by atoms with van der Waals surface area (Å²) >= 11 is 6.43. The number of nitrogens with zero attached hydrogens (tertiary/aromatic N) is 4. The molecule has 1 aliphatic carbocycles. The average Bonchev–Trinajstić information content (AvgIpc) is 3.47. The number of aryl methyl sites for hydroxylation is 1. The second-order valence-corrected chi connectivity index (χ2v) is 8.36. The van der Waals surface area contributed by atoms with E-state index >= 15 is 4.39 Å². The fourth-order valence-electron chi connectivity index (χ4n) is 3.40. The first-order valence-corrected chi connectivity index (χ1v) is 10.4. The van der Waals surface area contributed by atoms with E-state index in [-0.39, 0.29) is 23.4 Å². The second-order valence-electron chi connectivity index (χ2n) is 7.95. The molecule has 1 saturated carbocycles. The fraction of sp³-hybridized carbons (Fsp3) is 0.318. The number of aromatic nitrogens is 3. The van der Waals surface area contributed by atoms with E-state index < -0.39 is 11.7 Å². The molecular formula is C22H24ClFN6O. The minimum absolute atomic E-state index is 0.0658. The first kappa shape index (κ1) is 21.1. The van der Waals surface area contributed by atoms with Gasteiger partial charge in [-0.25, -0.2) is 9.37 Å². The van der Waals surface area contributed by atoms with Gasteiger partial charge in [0.25, 0.3) is 5.91 Å². The summed E-state index contributed by atoms with van der Waals surface area (Å²) in [4.78, 5) is 18.7. The molecule has 162 valence electrons. The quantitative estimate of drug-likeness (QED) is 0.541. The number of carbonyl (C=O) groups is 1. The number of pyridine rings is 1. The van der Waals surface area contributed by atoms with Crippen LogP contribution in [0, 0.1) is 11.7 Å². The van der Waals surface area contributed by atoms with Crippen LogP contribution >= 0.6 is 11.6 Å². The van der Waals surface area contributed by atoms with Gasteiger partial charge in [0, 0.05) is 62.0 Å². The summed E-state index contributed by atoms with van der Waals surface area (Å²) in [5.41, 5.74) is 7.27. The van der Waals surface area contributed by atoms with Crippen LogP contribution in [0.3, 0.4) is 0 Å². The number of nitrogens with one attached hydrogen (secondary N) is 1.